The topological polar surface area (TPSA) is 0 Å². The van der Waals surface area contributed by atoms with Crippen molar-refractivity contribution in [3.8, 4) is 11.2 Å². The Kier molecular flexibility index (Phi) is 1.71. The van der Waals surface area contributed by atoms with Crippen molar-refractivity contribution in [1.82, 2.24) is 0 Å². The molecule has 0 heterocycles. The van der Waals surface area contributed by atoms with Crippen LogP contribution < -0.4 is 0 Å². The lowest BCUT2D eigenvalue weighted by Crippen LogP contribution is -2.45. The Morgan fingerprint density at radius 2 is 1.38 bits per heavy atom. The molecular formula is C12H16S. The van der Waals surface area contributed by atoms with Gasteiger partial charge in [-0.1, -0.05) is 18.5 Å². The molecule has 0 nitrogen and oxygen atoms in total. The molecule has 4 fully saturated rings. The van der Waals surface area contributed by atoms with E-state index in [1.165, 1.54) is 38.5 Å². The number of thiol groups is 1. The summed E-state index contributed by atoms with van der Waals surface area (Å²) < 4.78 is 0. The molecule has 4 rings (SSSR count). The van der Waals surface area contributed by atoms with Crippen LogP contribution in [-0.4, -0.2) is 0 Å². The van der Waals surface area contributed by atoms with Gasteiger partial charge in [-0.15, -0.1) is 0 Å². The van der Waals surface area contributed by atoms with Crippen molar-refractivity contribution in [3.63, 3.8) is 0 Å². The van der Waals surface area contributed by atoms with Gasteiger partial charge in [-0.25, -0.2) is 0 Å². The van der Waals surface area contributed by atoms with Crippen molar-refractivity contribution >= 4 is 12.6 Å². The minimum Gasteiger partial charge on any atom is -0.0922 e. The van der Waals surface area contributed by atoms with Gasteiger partial charge in [0.05, 0.1) is 0 Å². The Morgan fingerprint density at radius 3 is 1.77 bits per heavy atom. The van der Waals surface area contributed by atoms with Crippen LogP contribution in [0.1, 0.15) is 38.5 Å². The first-order valence-corrected chi connectivity index (χ1v) is 5.91. The third-order valence-electron chi connectivity index (χ3n) is 4.36. The monoisotopic (exact) mass is 192 g/mol. The zero-order chi connectivity index (χ0) is 8.89. The maximum Gasteiger partial charge on any atom is 0.0331 e. The van der Waals surface area contributed by atoms with Crippen LogP contribution in [0.5, 0.6) is 0 Å². The van der Waals surface area contributed by atoms with Crippen molar-refractivity contribution in [2.45, 2.75) is 38.5 Å². The van der Waals surface area contributed by atoms with Crippen molar-refractivity contribution in [2.24, 2.45) is 23.2 Å². The van der Waals surface area contributed by atoms with E-state index in [4.69, 9.17) is 0 Å². The van der Waals surface area contributed by atoms with Crippen LogP contribution in [0.2, 0.25) is 0 Å². The van der Waals surface area contributed by atoms with Crippen molar-refractivity contribution in [3.05, 3.63) is 0 Å². The number of hydrogen-bond acceptors (Lipinski definition) is 1. The molecule has 0 atom stereocenters. The minimum absolute atomic E-state index is 0.413. The molecule has 0 aromatic heterocycles. The third-order valence-corrected chi connectivity index (χ3v) is 4.47. The van der Waals surface area contributed by atoms with Crippen LogP contribution in [-0.2, 0) is 0 Å². The van der Waals surface area contributed by atoms with E-state index in [0.717, 1.165) is 17.8 Å². The number of hydrogen-bond donors (Lipinski definition) is 1. The highest BCUT2D eigenvalue weighted by Crippen LogP contribution is 2.59. The zero-order valence-corrected chi connectivity index (χ0v) is 8.82. The summed E-state index contributed by atoms with van der Waals surface area (Å²) in [4.78, 5) is 0. The average Bonchev–Trinajstić information content (AvgIpc) is 2.00. The van der Waals surface area contributed by atoms with Crippen molar-refractivity contribution in [2.75, 3.05) is 0 Å². The second kappa shape index (κ2) is 2.70. The molecule has 0 aromatic rings. The summed E-state index contributed by atoms with van der Waals surface area (Å²) in [5.41, 5.74) is 0.413. The lowest BCUT2D eigenvalue weighted by molar-refractivity contribution is -0.0180. The fourth-order valence-corrected chi connectivity index (χ4v) is 4.62. The first-order chi connectivity index (χ1) is 6.30. The Labute approximate surface area is 85.9 Å². The fraction of sp³-hybridized carbons (Fsp3) is 0.833. The highest BCUT2D eigenvalue weighted by Gasteiger charge is 2.50. The SMILES string of the molecule is SC#CC12CC3CC(CC(C3)C1)C2. The van der Waals surface area contributed by atoms with Gasteiger partial charge < -0.3 is 0 Å². The molecule has 0 unspecified atom stereocenters. The van der Waals surface area contributed by atoms with Gasteiger partial charge in [0.2, 0.25) is 0 Å². The molecule has 1 heteroatoms. The van der Waals surface area contributed by atoms with Gasteiger partial charge in [-0.3, -0.25) is 0 Å². The molecule has 0 spiro atoms. The molecule has 0 aliphatic heterocycles. The first kappa shape index (κ1) is 8.24. The Morgan fingerprint density at radius 1 is 0.923 bits per heavy atom. The molecule has 4 aliphatic carbocycles. The normalized spacial score (nSPS) is 51.6. The Hall–Kier alpha value is -0.0900. The summed E-state index contributed by atoms with van der Waals surface area (Å²) in [6.45, 7) is 0. The van der Waals surface area contributed by atoms with E-state index in [-0.39, 0.29) is 0 Å². The molecule has 0 saturated heterocycles. The zero-order valence-electron chi connectivity index (χ0n) is 7.92. The van der Waals surface area contributed by atoms with Gasteiger partial charge in [-0.2, -0.15) is 0 Å². The van der Waals surface area contributed by atoms with Crippen LogP contribution in [0, 0.1) is 34.3 Å². The summed E-state index contributed by atoms with van der Waals surface area (Å²) in [6, 6.07) is 0. The van der Waals surface area contributed by atoms with Gasteiger partial charge in [0.1, 0.15) is 0 Å². The van der Waals surface area contributed by atoms with Gasteiger partial charge >= 0.3 is 0 Å². The highest BCUT2D eigenvalue weighted by atomic mass is 32.1. The summed E-state index contributed by atoms with van der Waals surface area (Å²) >= 11 is 4.08. The van der Waals surface area contributed by atoms with Crippen LogP contribution >= 0.6 is 12.6 Å². The fourth-order valence-electron chi connectivity index (χ4n) is 4.38. The van der Waals surface area contributed by atoms with Gasteiger partial charge in [0, 0.05) is 5.41 Å². The second-order valence-electron chi connectivity index (χ2n) is 5.43. The minimum atomic E-state index is 0.413. The standard InChI is InChI=1S/C12H16S/c13-2-1-12-6-9-3-10(7-12)5-11(4-9)8-12/h9-11,13H,3-8H2. The molecule has 13 heavy (non-hydrogen) atoms. The maximum atomic E-state index is 4.08. The second-order valence-corrected chi connectivity index (χ2v) is 5.66. The molecule has 0 amide bonds. The van der Waals surface area contributed by atoms with E-state index >= 15 is 0 Å². The highest BCUT2D eigenvalue weighted by molar-refractivity contribution is 7.85. The van der Waals surface area contributed by atoms with E-state index in [2.05, 4.69) is 23.8 Å². The van der Waals surface area contributed by atoms with Crippen molar-refractivity contribution < 1.29 is 0 Å². The summed E-state index contributed by atoms with van der Waals surface area (Å²) in [5.74, 6) is 6.45. The van der Waals surface area contributed by atoms with Crippen molar-refractivity contribution in [1.29, 1.82) is 0 Å². The van der Waals surface area contributed by atoms with Gasteiger partial charge in [0.25, 0.3) is 0 Å². The summed E-state index contributed by atoms with van der Waals surface area (Å²) in [6.07, 6.45) is 8.67. The average molecular weight is 192 g/mol. The molecule has 4 bridgehead atoms. The summed E-state index contributed by atoms with van der Waals surface area (Å²) in [7, 11) is 0. The largest absolute Gasteiger partial charge is 0.0922 e. The Bertz CT molecular complexity index is 246. The summed E-state index contributed by atoms with van der Waals surface area (Å²) in [5, 5.41) is 2.87. The third kappa shape index (κ3) is 1.22. The number of rotatable bonds is 0. The van der Waals surface area contributed by atoms with Crippen LogP contribution in [0.3, 0.4) is 0 Å². The van der Waals surface area contributed by atoms with Gasteiger partial charge in [0.15, 0.2) is 0 Å². The van der Waals surface area contributed by atoms with E-state index < -0.39 is 0 Å². The lowest BCUT2D eigenvalue weighted by Gasteiger charge is -2.54. The van der Waals surface area contributed by atoms with Crippen LogP contribution in [0.4, 0.5) is 0 Å². The van der Waals surface area contributed by atoms with E-state index in [9.17, 15) is 0 Å². The van der Waals surface area contributed by atoms with Crippen LogP contribution in [0.15, 0.2) is 0 Å². The lowest BCUT2D eigenvalue weighted by atomic mass is 9.50. The maximum absolute atomic E-state index is 4.08. The Balaban J connectivity index is 1.94. The molecule has 0 radical (unpaired) electrons. The van der Waals surface area contributed by atoms with Gasteiger partial charge in [-0.05, 0) is 61.5 Å². The van der Waals surface area contributed by atoms with E-state index in [1.54, 1.807) is 0 Å². The molecule has 70 valence electrons. The predicted molar refractivity (Wildman–Crippen MR) is 57.4 cm³/mol. The first-order valence-electron chi connectivity index (χ1n) is 5.46. The molecule has 4 saturated carbocycles. The quantitative estimate of drug-likeness (QED) is 0.442. The molecule has 4 aliphatic rings. The molecule has 0 aromatic carbocycles. The molecular weight excluding hydrogens is 176 g/mol. The van der Waals surface area contributed by atoms with E-state index in [0.29, 0.717) is 5.41 Å². The molecule has 0 N–H and O–H groups in total. The smallest absolute Gasteiger partial charge is 0.0331 e. The van der Waals surface area contributed by atoms with Crippen LogP contribution in [0.25, 0.3) is 0 Å². The predicted octanol–water partition coefficient (Wildman–Crippen LogP) is 3.09. The van der Waals surface area contributed by atoms with E-state index in [1.807, 2.05) is 0 Å².